The fourth-order valence-corrected chi connectivity index (χ4v) is 2.57. The van der Waals surface area contributed by atoms with Gasteiger partial charge in [0.2, 0.25) is 5.91 Å². The number of hydrogen-bond donors (Lipinski definition) is 3. The third-order valence-corrected chi connectivity index (χ3v) is 3.93. The van der Waals surface area contributed by atoms with Gasteiger partial charge in [0, 0.05) is 29.5 Å². The van der Waals surface area contributed by atoms with Crippen molar-refractivity contribution in [1.82, 2.24) is 0 Å². The van der Waals surface area contributed by atoms with E-state index in [0.29, 0.717) is 22.6 Å². The number of furan rings is 1. The summed E-state index contributed by atoms with van der Waals surface area (Å²) >= 11 is 0. The summed E-state index contributed by atoms with van der Waals surface area (Å²) in [4.78, 5) is 36.0. The Balaban J connectivity index is 1.75. The Morgan fingerprint density at radius 3 is 2.25 bits per heavy atom. The maximum Gasteiger partial charge on any atom is 0.291 e. The summed E-state index contributed by atoms with van der Waals surface area (Å²) in [7, 11) is 0. The van der Waals surface area contributed by atoms with E-state index in [9.17, 15) is 14.4 Å². The Morgan fingerprint density at radius 1 is 0.821 bits per heavy atom. The van der Waals surface area contributed by atoms with E-state index in [-0.39, 0.29) is 17.6 Å². The number of amides is 3. The molecule has 7 nitrogen and oxygen atoms in total. The summed E-state index contributed by atoms with van der Waals surface area (Å²) in [6, 6.07) is 15.0. The Morgan fingerprint density at radius 2 is 1.57 bits per heavy atom. The van der Waals surface area contributed by atoms with E-state index in [1.807, 2.05) is 6.92 Å². The van der Waals surface area contributed by atoms with Crippen LogP contribution in [0.1, 0.15) is 33.4 Å². The Bertz CT molecular complexity index is 1030. The van der Waals surface area contributed by atoms with Crippen LogP contribution in [0.15, 0.2) is 65.3 Å². The van der Waals surface area contributed by atoms with Crippen LogP contribution in [0.2, 0.25) is 0 Å². The molecule has 28 heavy (non-hydrogen) atoms. The van der Waals surface area contributed by atoms with Crippen LogP contribution in [0.5, 0.6) is 0 Å². The summed E-state index contributed by atoms with van der Waals surface area (Å²) in [6.07, 6.45) is 1.42. The standard InChI is InChI=1S/C21H19N3O4/c1-13-8-9-15(11-18(13)24-21(27)19-7-4-10-28-19)20(26)23-17-6-3-5-16(12-17)22-14(2)25/h3-12H,1-2H3,(H,22,25)(H,23,26)(H,24,27). The number of aryl methyl sites for hydroxylation is 1. The SMILES string of the molecule is CC(=O)Nc1cccc(NC(=O)c2ccc(C)c(NC(=O)c3ccco3)c2)c1. The van der Waals surface area contributed by atoms with E-state index in [0.717, 1.165) is 5.56 Å². The molecular formula is C21H19N3O4. The molecule has 3 amide bonds. The third-order valence-electron chi connectivity index (χ3n) is 3.93. The smallest absolute Gasteiger partial charge is 0.291 e. The predicted molar refractivity (Wildman–Crippen MR) is 107 cm³/mol. The molecule has 0 aliphatic heterocycles. The number of hydrogen-bond acceptors (Lipinski definition) is 4. The molecule has 3 rings (SSSR count). The minimum Gasteiger partial charge on any atom is -0.459 e. The largest absolute Gasteiger partial charge is 0.459 e. The van der Waals surface area contributed by atoms with E-state index in [1.165, 1.54) is 13.2 Å². The van der Waals surface area contributed by atoms with Gasteiger partial charge < -0.3 is 20.4 Å². The summed E-state index contributed by atoms with van der Waals surface area (Å²) in [6.45, 7) is 3.24. The number of carbonyl (C=O) groups excluding carboxylic acids is 3. The van der Waals surface area contributed by atoms with Gasteiger partial charge in [-0.15, -0.1) is 0 Å². The Hall–Kier alpha value is -3.87. The molecule has 0 spiro atoms. The van der Waals surface area contributed by atoms with E-state index >= 15 is 0 Å². The molecule has 0 fully saturated rings. The highest BCUT2D eigenvalue weighted by atomic mass is 16.3. The number of rotatable bonds is 5. The average molecular weight is 377 g/mol. The summed E-state index contributed by atoms with van der Waals surface area (Å²) in [5.41, 5.74) is 2.83. The lowest BCUT2D eigenvalue weighted by molar-refractivity contribution is -0.114. The maximum atomic E-state index is 12.6. The zero-order valence-corrected chi connectivity index (χ0v) is 15.4. The minimum absolute atomic E-state index is 0.184. The first kappa shape index (κ1) is 18.9. The molecule has 3 aromatic rings. The van der Waals surface area contributed by atoms with Gasteiger partial charge in [-0.2, -0.15) is 0 Å². The molecular weight excluding hydrogens is 358 g/mol. The number of benzene rings is 2. The van der Waals surface area contributed by atoms with E-state index in [2.05, 4.69) is 16.0 Å². The van der Waals surface area contributed by atoms with Crippen molar-refractivity contribution in [2.75, 3.05) is 16.0 Å². The van der Waals surface area contributed by atoms with Crippen LogP contribution in [0.3, 0.4) is 0 Å². The van der Waals surface area contributed by atoms with E-state index < -0.39 is 5.91 Å². The fourth-order valence-electron chi connectivity index (χ4n) is 2.57. The van der Waals surface area contributed by atoms with Crippen molar-refractivity contribution in [2.45, 2.75) is 13.8 Å². The molecule has 0 radical (unpaired) electrons. The summed E-state index contributed by atoms with van der Waals surface area (Å²) < 4.78 is 5.08. The molecule has 0 unspecified atom stereocenters. The lowest BCUT2D eigenvalue weighted by Crippen LogP contribution is -2.15. The normalized spacial score (nSPS) is 10.2. The molecule has 0 saturated heterocycles. The highest BCUT2D eigenvalue weighted by Gasteiger charge is 2.13. The summed E-state index contributed by atoms with van der Waals surface area (Å²) in [5, 5.41) is 8.18. The molecule has 0 atom stereocenters. The molecule has 142 valence electrons. The average Bonchev–Trinajstić information content (AvgIpc) is 3.18. The molecule has 0 aliphatic carbocycles. The summed E-state index contributed by atoms with van der Waals surface area (Å²) in [5.74, 6) is -0.745. The fraction of sp³-hybridized carbons (Fsp3) is 0.0952. The van der Waals surface area contributed by atoms with Crippen LogP contribution < -0.4 is 16.0 Å². The van der Waals surface area contributed by atoms with Gasteiger partial charge >= 0.3 is 0 Å². The Labute approximate surface area is 161 Å². The zero-order chi connectivity index (χ0) is 20.1. The van der Waals surface area contributed by atoms with Crippen molar-refractivity contribution < 1.29 is 18.8 Å². The lowest BCUT2D eigenvalue weighted by Gasteiger charge is -2.11. The first-order valence-corrected chi connectivity index (χ1v) is 8.57. The molecule has 0 aliphatic rings. The number of carbonyl (C=O) groups is 3. The molecule has 1 heterocycles. The van der Waals surface area contributed by atoms with Crippen LogP contribution >= 0.6 is 0 Å². The lowest BCUT2D eigenvalue weighted by atomic mass is 10.1. The number of anilines is 3. The van der Waals surface area contributed by atoms with Gasteiger partial charge in [0.1, 0.15) is 0 Å². The van der Waals surface area contributed by atoms with Gasteiger partial charge in [0.05, 0.1) is 6.26 Å². The van der Waals surface area contributed by atoms with Crippen LogP contribution in [-0.4, -0.2) is 17.7 Å². The second-order valence-corrected chi connectivity index (χ2v) is 6.18. The van der Waals surface area contributed by atoms with Crippen molar-refractivity contribution in [3.8, 4) is 0 Å². The van der Waals surface area contributed by atoms with E-state index in [4.69, 9.17) is 4.42 Å². The predicted octanol–water partition coefficient (Wildman–Crippen LogP) is 4.05. The highest BCUT2D eigenvalue weighted by Crippen LogP contribution is 2.20. The van der Waals surface area contributed by atoms with Crippen LogP contribution in [0.4, 0.5) is 17.1 Å². The molecule has 2 aromatic carbocycles. The van der Waals surface area contributed by atoms with Gasteiger partial charge in [0.15, 0.2) is 5.76 Å². The van der Waals surface area contributed by atoms with Gasteiger partial charge in [-0.3, -0.25) is 14.4 Å². The van der Waals surface area contributed by atoms with Crippen molar-refractivity contribution in [1.29, 1.82) is 0 Å². The Kier molecular flexibility index (Phi) is 5.55. The molecule has 3 N–H and O–H groups in total. The topological polar surface area (TPSA) is 100 Å². The van der Waals surface area contributed by atoms with Crippen molar-refractivity contribution in [2.24, 2.45) is 0 Å². The van der Waals surface area contributed by atoms with Gasteiger partial charge in [0.25, 0.3) is 11.8 Å². The second kappa shape index (κ2) is 8.22. The first-order chi connectivity index (χ1) is 13.4. The van der Waals surface area contributed by atoms with Crippen molar-refractivity contribution >= 4 is 34.8 Å². The first-order valence-electron chi connectivity index (χ1n) is 8.57. The highest BCUT2D eigenvalue weighted by molar-refractivity contribution is 6.07. The second-order valence-electron chi connectivity index (χ2n) is 6.18. The molecule has 7 heteroatoms. The monoisotopic (exact) mass is 377 g/mol. The van der Waals surface area contributed by atoms with Gasteiger partial charge in [-0.1, -0.05) is 12.1 Å². The number of nitrogens with one attached hydrogen (secondary N) is 3. The molecule has 1 aromatic heterocycles. The zero-order valence-electron chi connectivity index (χ0n) is 15.4. The quantitative estimate of drug-likeness (QED) is 0.624. The van der Waals surface area contributed by atoms with E-state index in [1.54, 1.807) is 54.6 Å². The van der Waals surface area contributed by atoms with Crippen LogP contribution in [0, 0.1) is 6.92 Å². The van der Waals surface area contributed by atoms with Gasteiger partial charge in [-0.05, 0) is 55.0 Å². The third kappa shape index (κ3) is 4.64. The van der Waals surface area contributed by atoms with Crippen molar-refractivity contribution in [3.63, 3.8) is 0 Å². The minimum atomic E-state index is -0.395. The van der Waals surface area contributed by atoms with Crippen LogP contribution in [0.25, 0.3) is 0 Å². The maximum absolute atomic E-state index is 12.6. The van der Waals surface area contributed by atoms with Crippen molar-refractivity contribution in [3.05, 3.63) is 77.7 Å². The van der Waals surface area contributed by atoms with Gasteiger partial charge in [-0.25, -0.2) is 0 Å². The molecule has 0 saturated carbocycles. The van der Waals surface area contributed by atoms with Crippen LogP contribution in [-0.2, 0) is 4.79 Å². The molecule has 0 bridgehead atoms.